The van der Waals surface area contributed by atoms with Crippen LogP contribution in [0.1, 0.15) is 0 Å². The minimum Gasteiger partial charge on any atom is -0.377 e. The van der Waals surface area contributed by atoms with Gasteiger partial charge < -0.3 is 9.30 Å². The van der Waals surface area contributed by atoms with Gasteiger partial charge in [-0.15, -0.1) is 0 Å². The number of carbonyl (C=O) groups is 1. The van der Waals surface area contributed by atoms with Crippen LogP contribution in [0.3, 0.4) is 0 Å². The Bertz CT molecular complexity index is 759. The van der Waals surface area contributed by atoms with E-state index in [9.17, 15) is 4.79 Å². The van der Waals surface area contributed by atoms with Crippen LogP contribution in [0.15, 0.2) is 60.7 Å². The summed E-state index contributed by atoms with van der Waals surface area (Å²) in [6.45, 7) is 0.465. The van der Waals surface area contributed by atoms with Crippen molar-refractivity contribution in [2.45, 2.75) is 6.54 Å². The first-order chi connectivity index (χ1) is 10.3. The number of carbonyl (C=O) groups excluding carboxylic acids is 1. The van der Waals surface area contributed by atoms with Gasteiger partial charge in [0.15, 0.2) is 5.78 Å². The molecular formula is C18H17NO2. The van der Waals surface area contributed by atoms with Gasteiger partial charge in [0.1, 0.15) is 6.61 Å². The van der Waals surface area contributed by atoms with Crippen molar-refractivity contribution < 1.29 is 9.53 Å². The van der Waals surface area contributed by atoms with Crippen molar-refractivity contribution in [1.29, 1.82) is 0 Å². The maximum atomic E-state index is 12.0. The summed E-state index contributed by atoms with van der Waals surface area (Å²) in [6.07, 6.45) is 0. The van der Waals surface area contributed by atoms with E-state index in [1.807, 2.05) is 36.4 Å². The van der Waals surface area contributed by atoms with Crippen LogP contribution in [-0.2, 0) is 16.1 Å². The molecule has 0 bridgehead atoms. The average molecular weight is 279 g/mol. The number of nitrogens with zero attached hydrogens (tertiary/aromatic N) is 1. The van der Waals surface area contributed by atoms with E-state index in [1.165, 1.54) is 0 Å². The number of fused-ring (bicyclic) bond motifs is 1. The van der Waals surface area contributed by atoms with Crippen LogP contribution in [0, 0.1) is 0 Å². The summed E-state index contributed by atoms with van der Waals surface area (Å²) >= 11 is 0. The van der Waals surface area contributed by atoms with Gasteiger partial charge in [0.05, 0.1) is 6.54 Å². The molecule has 0 saturated carbocycles. The Balaban J connectivity index is 2.12. The van der Waals surface area contributed by atoms with Crippen LogP contribution < -0.4 is 0 Å². The molecule has 0 aliphatic heterocycles. The summed E-state index contributed by atoms with van der Waals surface area (Å²) in [5.74, 6) is 0.0658. The average Bonchev–Trinajstić information content (AvgIpc) is 2.87. The highest BCUT2D eigenvalue weighted by molar-refractivity contribution is 5.90. The summed E-state index contributed by atoms with van der Waals surface area (Å²) < 4.78 is 7.01. The highest BCUT2D eigenvalue weighted by atomic mass is 16.5. The molecule has 3 heteroatoms. The van der Waals surface area contributed by atoms with Gasteiger partial charge in [-0.25, -0.2) is 0 Å². The van der Waals surface area contributed by atoms with Crippen molar-refractivity contribution in [3.05, 3.63) is 60.7 Å². The number of rotatable bonds is 5. The van der Waals surface area contributed by atoms with E-state index in [2.05, 4.69) is 28.8 Å². The molecule has 3 nitrogen and oxygen atoms in total. The fourth-order valence-electron chi connectivity index (χ4n) is 2.61. The molecule has 0 radical (unpaired) electrons. The quantitative estimate of drug-likeness (QED) is 0.715. The monoisotopic (exact) mass is 279 g/mol. The predicted octanol–water partition coefficient (Wildman–Crippen LogP) is 3.52. The van der Waals surface area contributed by atoms with Crippen molar-refractivity contribution in [3.8, 4) is 11.3 Å². The number of ketones is 1. The van der Waals surface area contributed by atoms with E-state index in [4.69, 9.17) is 4.74 Å². The van der Waals surface area contributed by atoms with Crippen LogP contribution in [-0.4, -0.2) is 24.1 Å². The number of ether oxygens (including phenoxy) is 1. The van der Waals surface area contributed by atoms with Gasteiger partial charge in [-0.1, -0.05) is 48.5 Å². The first-order valence-electron chi connectivity index (χ1n) is 6.94. The summed E-state index contributed by atoms with van der Waals surface area (Å²) in [5, 5.41) is 1.14. The first kappa shape index (κ1) is 13.6. The van der Waals surface area contributed by atoms with Crippen LogP contribution >= 0.6 is 0 Å². The third-order valence-corrected chi connectivity index (χ3v) is 3.52. The molecule has 0 saturated heterocycles. The van der Waals surface area contributed by atoms with Gasteiger partial charge >= 0.3 is 0 Å². The molecule has 0 fully saturated rings. The number of hydrogen-bond donors (Lipinski definition) is 0. The zero-order valence-corrected chi connectivity index (χ0v) is 12.0. The molecular weight excluding hydrogens is 262 g/mol. The van der Waals surface area contributed by atoms with Gasteiger partial charge in [0, 0.05) is 23.7 Å². The molecule has 0 N–H and O–H groups in total. The minimum atomic E-state index is 0.0658. The second kappa shape index (κ2) is 5.94. The van der Waals surface area contributed by atoms with Crippen molar-refractivity contribution in [2.24, 2.45) is 0 Å². The van der Waals surface area contributed by atoms with Crippen molar-refractivity contribution in [1.82, 2.24) is 4.57 Å². The lowest BCUT2D eigenvalue weighted by molar-refractivity contribution is -0.123. The van der Waals surface area contributed by atoms with Crippen molar-refractivity contribution in [2.75, 3.05) is 13.7 Å². The zero-order valence-electron chi connectivity index (χ0n) is 12.0. The molecule has 0 aliphatic carbocycles. The smallest absolute Gasteiger partial charge is 0.178 e. The van der Waals surface area contributed by atoms with Crippen molar-refractivity contribution >= 4 is 16.7 Å². The highest BCUT2D eigenvalue weighted by Gasteiger charge is 2.13. The Morgan fingerprint density at radius 1 is 1.05 bits per heavy atom. The molecule has 1 heterocycles. The summed E-state index contributed by atoms with van der Waals surface area (Å²) in [4.78, 5) is 12.0. The topological polar surface area (TPSA) is 31.2 Å². The van der Waals surface area contributed by atoms with Crippen LogP contribution in [0.5, 0.6) is 0 Å². The zero-order chi connectivity index (χ0) is 14.7. The number of para-hydroxylation sites is 1. The second-order valence-corrected chi connectivity index (χ2v) is 5.01. The molecule has 21 heavy (non-hydrogen) atoms. The normalized spacial score (nSPS) is 10.9. The Morgan fingerprint density at radius 3 is 2.52 bits per heavy atom. The molecule has 3 aromatic rings. The third kappa shape index (κ3) is 2.73. The maximum absolute atomic E-state index is 12.0. The van der Waals surface area contributed by atoms with E-state index in [0.29, 0.717) is 6.54 Å². The summed E-state index contributed by atoms with van der Waals surface area (Å²) in [6, 6.07) is 20.4. The number of methoxy groups -OCH3 is 1. The van der Waals surface area contributed by atoms with E-state index < -0.39 is 0 Å². The van der Waals surface area contributed by atoms with Crippen molar-refractivity contribution in [3.63, 3.8) is 0 Å². The lowest BCUT2D eigenvalue weighted by atomic mass is 10.1. The Hall–Kier alpha value is -2.39. The van der Waals surface area contributed by atoms with Gasteiger partial charge in [-0.3, -0.25) is 4.79 Å². The number of Topliss-reactive ketones (excluding diaryl/α,β-unsaturated/α-hetero) is 1. The molecule has 1 aromatic heterocycles. The van der Waals surface area contributed by atoms with Crippen LogP contribution in [0.25, 0.3) is 22.2 Å². The number of benzene rings is 2. The van der Waals surface area contributed by atoms with Gasteiger partial charge in [-0.05, 0) is 17.7 Å². The molecule has 0 aliphatic rings. The van der Waals surface area contributed by atoms with E-state index in [-0.39, 0.29) is 12.4 Å². The van der Waals surface area contributed by atoms with Gasteiger partial charge in [-0.2, -0.15) is 0 Å². The molecule has 0 atom stereocenters. The maximum Gasteiger partial charge on any atom is 0.178 e. The lowest BCUT2D eigenvalue weighted by Gasteiger charge is -2.10. The standard InChI is InChI=1S/C18H17NO2/c1-21-13-16(20)12-19-17-10-6-5-9-15(17)11-18(19)14-7-3-2-4-8-14/h2-11H,12-13H2,1H3. The molecule has 0 amide bonds. The second-order valence-electron chi connectivity index (χ2n) is 5.01. The first-order valence-corrected chi connectivity index (χ1v) is 6.94. The molecule has 0 spiro atoms. The Labute approximate surface area is 123 Å². The third-order valence-electron chi connectivity index (χ3n) is 3.52. The minimum absolute atomic E-state index is 0.0658. The largest absolute Gasteiger partial charge is 0.377 e. The molecule has 2 aromatic carbocycles. The fourth-order valence-corrected chi connectivity index (χ4v) is 2.61. The number of aromatic nitrogens is 1. The van der Waals surface area contributed by atoms with E-state index in [1.54, 1.807) is 7.11 Å². The van der Waals surface area contributed by atoms with Gasteiger partial charge in [0.25, 0.3) is 0 Å². The molecule has 106 valence electrons. The fraction of sp³-hybridized carbons (Fsp3) is 0.167. The summed E-state index contributed by atoms with van der Waals surface area (Å²) in [7, 11) is 1.55. The van der Waals surface area contributed by atoms with E-state index >= 15 is 0 Å². The van der Waals surface area contributed by atoms with Gasteiger partial charge in [0.2, 0.25) is 0 Å². The van der Waals surface area contributed by atoms with Crippen LogP contribution in [0.2, 0.25) is 0 Å². The molecule has 0 unspecified atom stereocenters. The lowest BCUT2D eigenvalue weighted by Crippen LogP contribution is -2.15. The summed E-state index contributed by atoms with van der Waals surface area (Å²) in [5.41, 5.74) is 3.24. The molecule has 3 rings (SSSR count). The Morgan fingerprint density at radius 2 is 1.76 bits per heavy atom. The predicted molar refractivity (Wildman–Crippen MR) is 84.3 cm³/mol. The van der Waals surface area contributed by atoms with E-state index in [0.717, 1.165) is 22.2 Å². The number of hydrogen-bond acceptors (Lipinski definition) is 2. The SMILES string of the molecule is COCC(=O)Cn1c(-c2ccccc2)cc2ccccc21. The highest BCUT2D eigenvalue weighted by Crippen LogP contribution is 2.28. The van der Waals surface area contributed by atoms with Crippen LogP contribution in [0.4, 0.5) is 0 Å². The Kier molecular flexibility index (Phi) is 3.84.